The van der Waals surface area contributed by atoms with Gasteiger partial charge in [0.05, 0.1) is 11.4 Å². The van der Waals surface area contributed by atoms with E-state index in [0.717, 1.165) is 74.8 Å². The van der Waals surface area contributed by atoms with Gasteiger partial charge in [0.15, 0.2) is 5.82 Å². The monoisotopic (exact) mass is 434 g/mol. The van der Waals surface area contributed by atoms with E-state index in [9.17, 15) is 5.11 Å². The highest BCUT2D eigenvalue weighted by Gasteiger charge is 2.29. The Balaban J connectivity index is 1.27. The van der Waals surface area contributed by atoms with E-state index in [-0.39, 0.29) is 5.88 Å². The Morgan fingerprint density at radius 1 is 1.09 bits per heavy atom. The van der Waals surface area contributed by atoms with Gasteiger partial charge in [0.1, 0.15) is 12.1 Å². The molecule has 0 spiro atoms. The molecule has 4 heterocycles. The first kappa shape index (κ1) is 20.8. The number of pyridine rings is 1. The molecule has 3 aromatic heterocycles. The molecule has 0 amide bonds. The summed E-state index contributed by atoms with van der Waals surface area (Å²) in [7, 11) is 4.29. The molecule has 0 bridgehead atoms. The summed E-state index contributed by atoms with van der Waals surface area (Å²) in [5, 5.41) is 15.5. The van der Waals surface area contributed by atoms with Crippen molar-refractivity contribution < 1.29 is 5.11 Å². The Morgan fingerprint density at radius 3 is 2.72 bits per heavy atom. The Morgan fingerprint density at radius 2 is 1.94 bits per heavy atom. The summed E-state index contributed by atoms with van der Waals surface area (Å²) in [4.78, 5) is 20.4. The fourth-order valence-corrected chi connectivity index (χ4v) is 4.62. The third kappa shape index (κ3) is 4.18. The number of nitrogens with zero attached hydrogens (tertiary/aromatic N) is 8. The van der Waals surface area contributed by atoms with E-state index in [0.29, 0.717) is 11.9 Å². The Kier molecular flexibility index (Phi) is 5.75. The molecule has 1 unspecified atom stereocenters. The van der Waals surface area contributed by atoms with E-state index in [1.54, 1.807) is 17.2 Å². The number of hydrogen-bond donors (Lipinski definition) is 1. The zero-order valence-electron chi connectivity index (χ0n) is 18.7. The van der Waals surface area contributed by atoms with Crippen LogP contribution in [0.4, 0.5) is 5.82 Å². The first-order valence-corrected chi connectivity index (χ1v) is 11.2. The fourth-order valence-electron chi connectivity index (χ4n) is 4.62. The molecule has 1 aliphatic carbocycles. The predicted octanol–water partition coefficient (Wildman–Crippen LogP) is 1.50. The molecule has 5 rings (SSSR count). The summed E-state index contributed by atoms with van der Waals surface area (Å²) < 4.78 is 1.56. The van der Waals surface area contributed by atoms with Crippen LogP contribution in [0.3, 0.4) is 0 Å². The van der Waals surface area contributed by atoms with Crippen LogP contribution in [0.15, 0.2) is 36.8 Å². The third-order valence-electron chi connectivity index (χ3n) is 6.63. The standard InChI is InChI=1S/C23H30N8O/c1-28-9-11-30(12-10-28)22-13-17(25-16-26-22)15-29(2)18-6-7-20-19(14-18)23(32)31(27-20)21-5-3-4-8-24-21/h3-5,8,13,16,18,32H,6-7,9-12,14-15H2,1-2H3. The lowest BCUT2D eigenvalue weighted by molar-refractivity contribution is 0.210. The molecule has 32 heavy (non-hydrogen) atoms. The molecular formula is C23H30N8O. The quantitative estimate of drug-likeness (QED) is 0.647. The van der Waals surface area contributed by atoms with Crippen molar-refractivity contribution in [1.29, 1.82) is 0 Å². The third-order valence-corrected chi connectivity index (χ3v) is 6.63. The van der Waals surface area contributed by atoms with Gasteiger partial charge < -0.3 is 14.9 Å². The second-order valence-corrected chi connectivity index (χ2v) is 8.82. The van der Waals surface area contributed by atoms with Gasteiger partial charge in [0, 0.05) is 56.6 Å². The van der Waals surface area contributed by atoms with E-state index in [1.807, 2.05) is 18.2 Å². The normalized spacial score (nSPS) is 19.3. The van der Waals surface area contributed by atoms with E-state index in [2.05, 4.69) is 54.9 Å². The lowest BCUT2D eigenvalue weighted by atomic mass is 9.92. The summed E-state index contributed by atoms with van der Waals surface area (Å²) in [5.41, 5.74) is 2.92. The van der Waals surface area contributed by atoms with E-state index >= 15 is 0 Å². The van der Waals surface area contributed by atoms with Crippen molar-refractivity contribution in [3.8, 4) is 11.7 Å². The Hall–Kier alpha value is -3.04. The number of aromatic nitrogens is 5. The maximum atomic E-state index is 10.8. The van der Waals surface area contributed by atoms with Crippen LogP contribution in [0.25, 0.3) is 5.82 Å². The molecule has 9 nitrogen and oxygen atoms in total. The Labute approximate surface area is 188 Å². The topological polar surface area (TPSA) is 86.4 Å². The van der Waals surface area contributed by atoms with E-state index in [1.165, 1.54) is 0 Å². The zero-order valence-corrected chi connectivity index (χ0v) is 18.7. The minimum atomic E-state index is 0.205. The lowest BCUT2D eigenvalue weighted by Crippen LogP contribution is -2.44. The van der Waals surface area contributed by atoms with Crippen LogP contribution in [0.2, 0.25) is 0 Å². The van der Waals surface area contributed by atoms with Crippen LogP contribution in [-0.2, 0) is 19.4 Å². The molecule has 1 fully saturated rings. The first-order valence-electron chi connectivity index (χ1n) is 11.2. The van der Waals surface area contributed by atoms with Gasteiger partial charge in [-0.25, -0.2) is 15.0 Å². The van der Waals surface area contributed by atoms with Gasteiger partial charge in [-0.05, 0) is 45.5 Å². The van der Waals surface area contributed by atoms with Crippen molar-refractivity contribution in [2.75, 3.05) is 45.2 Å². The first-order chi connectivity index (χ1) is 15.6. The summed E-state index contributed by atoms with van der Waals surface area (Å²) in [6.45, 7) is 4.85. The highest BCUT2D eigenvalue weighted by atomic mass is 16.3. The van der Waals surface area contributed by atoms with E-state index in [4.69, 9.17) is 0 Å². The fraction of sp³-hybridized carbons (Fsp3) is 0.478. The van der Waals surface area contributed by atoms with Gasteiger partial charge in [-0.15, -0.1) is 0 Å². The van der Waals surface area contributed by atoms with Crippen molar-refractivity contribution in [2.45, 2.75) is 31.8 Å². The van der Waals surface area contributed by atoms with Gasteiger partial charge in [-0.3, -0.25) is 4.90 Å². The average molecular weight is 435 g/mol. The largest absolute Gasteiger partial charge is 0.493 e. The minimum Gasteiger partial charge on any atom is -0.493 e. The molecule has 2 aliphatic rings. The second-order valence-electron chi connectivity index (χ2n) is 8.82. The summed E-state index contributed by atoms with van der Waals surface area (Å²) in [5.74, 6) is 1.86. The molecule has 3 aromatic rings. The van der Waals surface area contributed by atoms with Gasteiger partial charge in [0.25, 0.3) is 0 Å². The van der Waals surface area contributed by atoms with Crippen molar-refractivity contribution in [2.24, 2.45) is 0 Å². The maximum absolute atomic E-state index is 10.8. The lowest BCUT2D eigenvalue weighted by Gasteiger charge is -2.33. The van der Waals surface area contributed by atoms with Crippen LogP contribution in [-0.4, -0.2) is 86.0 Å². The highest BCUT2D eigenvalue weighted by molar-refractivity contribution is 5.40. The number of likely N-dealkylation sites (N-methyl/N-ethyl adjacent to an activating group) is 2. The summed E-state index contributed by atoms with van der Waals surface area (Å²) >= 11 is 0. The number of piperazine rings is 1. The zero-order chi connectivity index (χ0) is 22.1. The number of hydrogen-bond acceptors (Lipinski definition) is 8. The van der Waals surface area contributed by atoms with Gasteiger partial charge in [-0.2, -0.15) is 9.78 Å². The van der Waals surface area contributed by atoms with Crippen molar-refractivity contribution in [1.82, 2.24) is 34.5 Å². The number of rotatable bonds is 5. The van der Waals surface area contributed by atoms with Crippen molar-refractivity contribution in [3.63, 3.8) is 0 Å². The van der Waals surface area contributed by atoms with Crippen molar-refractivity contribution >= 4 is 5.82 Å². The second kappa shape index (κ2) is 8.84. The van der Waals surface area contributed by atoms with Crippen LogP contribution >= 0.6 is 0 Å². The molecule has 1 atom stereocenters. The molecular weight excluding hydrogens is 404 g/mol. The predicted molar refractivity (Wildman–Crippen MR) is 122 cm³/mol. The summed E-state index contributed by atoms with van der Waals surface area (Å²) in [6.07, 6.45) is 6.00. The summed E-state index contributed by atoms with van der Waals surface area (Å²) in [6, 6.07) is 8.05. The number of aryl methyl sites for hydroxylation is 1. The van der Waals surface area contributed by atoms with Gasteiger partial charge >= 0.3 is 0 Å². The maximum Gasteiger partial charge on any atom is 0.219 e. The van der Waals surface area contributed by atoms with Crippen LogP contribution in [0, 0.1) is 0 Å². The highest BCUT2D eigenvalue weighted by Crippen LogP contribution is 2.32. The van der Waals surface area contributed by atoms with Crippen molar-refractivity contribution in [3.05, 3.63) is 53.7 Å². The van der Waals surface area contributed by atoms with Gasteiger partial charge in [0.2, 0.25) is 5.88 Å². The smallest absolute Gasteiger partial charge is 0.219 e. The molecule has 0 saturated carbocycles. The van der Waals surface area contributed by atoms with Gasteiger partial charge in [-0.1, -0.05) is 6.07 Å². The molecule has 0 aromatic carbocycles. The van der Waals surface area contributed by atoms with Crippen LogP contribution < -0.4 is 4.90 Å². The molecule has 0 radical (unpaired) electrons. The molecule has 1 saturated heterocycles. The average Bonchev–Trinajstić information content (AvgIpc) is 3.16. The minimum absolute atomic E-state index is 0.205. The molecule has 1 aliphatic heterocycles. The van der Waals surface area contributed by atoms with E-state index < -0.39 is 0 Å². The van der Waals surface area contributed by atoms with Crippen LogP contribution in [0.5, 0.6) is 5.88 Å². The Bertz CT molecular complexity index is 1060. The molecule has 9 heteroatoms. The molecule has 168 valence electrons. The number of aromatic hydroxyl groups is 1. The number of anilines is 1. The van der Waals surface area contributed by atoms with Crippen LogP contribution in [0.1, 0.15) is 23.4 Å². The number of fused-ring (bicyclic) bond motifs is 1. The SMILES string of the molecule is CN1CCN(c2cc(CN(C)C3CCc4nn(-c5ccccn5)c(O)c4C3)ncn2)CC1. The molecule has 1 N–H and O–H groups in total.